The van der Waals surface area contributed by atoms with Gasteiger partial charge < -0.3 is 0 Å². The summed E-state index contributed by atoms with van der Waals surface area (Å²) in [5.41, 5.74) is 3.14. The Morgan fingerprint density at radius 2 is 1.44 bits per heavy atom. The molecule has 0 heterocycles. The van der Waals surface area contributed by atoms with E-state index in [-0.39, 0.29) is 0 Å². The van der Waals surface area contributed by atoms with Crippen molar-refractivity contribution in [2.24, 2.45) is 11.8 Å². The van der Waals surface area contributed by atoms with E-state index in [1.807, 2.05) is 0 Å². The molecule has 3 rings (SSSR count). The molecule has 1 aromatic carbocycles. The third-order valence-electron chi connectivity index (χ3n) is 4.57. The van der Waals surface area contributed by atoms with Crippen LogP contribution in [0.3, 0.4) is 0 Å². The third-order valence-corrected chi connectivity index (χ3v) is 4.57. The SMILES string of the molecule is c1cc2cc(c1)CC[C@@H]1CCC[C@@H](CC2)C1. The van der Waals surface area contributed by atoms with Gasteiger partial charge in [-0.2, -0.15) is 0 Å². The molecule has 1 saturated carbocycles. The molecule has 0 unspecified atom stereocenters. The van der Waals surface area contributed by atoms with Gasteiger partial charge in [0, 0.05) is 0 Å². The van der Waals surface area contributed by atoms with Crippen molar-refractivity contribution in [3.05, 3.63) is 35.4 Å². The summed E-state index contributed by atoms with van der Waals surface area (Å²) < 4.78 is 0. The first kappa shape index (κ1) is 10.4. The Morgan fingerprint density at radius 1 is 0.812 bits per heavy atom. The van der Waals surface area contributed by atoms with E-state index in [4.69, 9.17) is 0 Å². The van der Waals surface area contributed by atoms with Gasteiger partial charge in [0.15, 0.2) is 0 Å². The number of hydrogen-bond donors (Lipinski definition) is 0. The molecule has 0 radical (unpaired) electrons. The number of hydrogen-bond acceptors (Lipinski definition) is 0. The topological polar surface area (TPSA) is 0 Å². The maximum atomic E-state index is 2.45. The number of rotatable bonds is 0. The third kappa shape index (κ3) is 2.31. The molecular formula is C16H22. The van der Waals surface area contributed by atoms with Gasteiger partial charge in [0.05, 0.1) is 0 Å². The molecule has 86 valence electrons. The first-order chi connectivity index (χ1) is 7.90. The maximum absolute atomic E-state index is 2.45. The molecule has 1 fully saturated rings. The molecule has 2 aliphatic carbocycles. The lowest BCUT2D eigenvalue weighted by atomic mass is 9.76. The summed E-state index contributed by atoms with van der Waals surface area (Å²) >= 11 is 0. The Kier molecular flexibility index (Phi) is 2.99. The van der Waals surface area contributed by atoms with Crippen molar-refractivity contribution in [1.82, 2.24) is 0 Å². The smallest absolute Gasteiger partial charge is 0.0276 e. The van der Waals surface area contributed by atoms with Crippen LogP contribution < -0.4 is 0 Å². The van der Waals surface area contributed by atoms with Crippen LogP contribution in [0.25, 0.3) is 0 Å². The molecule has 2 aliphatic rings. The minimum absolute atomic E-state index is 1.03. The van der Waals surface area contributed by atoms with Crippen LogP contribution in [-0.4, -0.2) is 0 Å². The van der Waals surface area contributed by atoms with Crippen molar-refractivity contribution in [3.8, 4) is 0 Å². The lowest BCUT2D eigenvalue weighted by Crippen LogP contribution is -2.17. The number of benzene rings is 1. The van der Waals surface area contributed by atoms with Gasteiger partial charge in [-0.25, -0.2) is 0 Å². The summed E-state index contributed by atoms with van der Waals surface area (Å²) in [5, 5.41) is 0. The van der Waals surface area contributed by atoms with Crippen molar-refractivity contribution in [2.45, 2.75) is 51.4 Å². The van der Waals surface area contributed by atoms with Gasteiger partial charge in [-0.1, -0.05) is 43.5 Å². The van der Waals surface area contributed by atoms with E-state index in [2.05, 4.69) is 24.3 Å². The second-order valence-corrected chi connectivity index (χ2v) is 5.80. The Balaban J connectivity index is 1.81. The van der Waals surface area contributed by atoms with Crippen LogP contribution in [-0.2, 0) is 12.8 Å². The standard InChI is InChI=1S/C16H22/c1-3-13-7-9-15-5-2-6-16(12-15)10-8-14(4-1)11-13/h1,3-4,11,15-16H,2,5-10,12H2/t15-,16-/m0/s1. The predicted octanol–water partition coefficient (Wildman–Crippen LogP) is 4.37. The monoisotopic (exact) mass is 214 g/mol. The highest BCUT2D eigenvalue weighted by atomic mass is 14.3. The van der Waals surface area contributed by atoms with Gasteiger partial charge in [0.25, 0.3) is 0 Å². The van der Waals surface area contributed by atoms with Gasteiger partial charge in [-0.15, -0.1) is 0 Å². The lowest BCUT2D eigenvalue weighted by Gasteiger charge is -2.30. The van der Waals surface area contributed by atoms with Gasteiger partial charge in [0.1, 0.15) is 0 Å². The summed E-state index contributed by atoms with van der Waals surface area (Å²) in [4.78, 5) is 0. The zero-order valence-corrected chi connectivity index (χ0v) is 10.1. The summed E-state index contributed by atoms with van der Waals surface area (Å²) in [6.45, 7) is 0. The first-order valence-electron chi connectivity index (χ1n) is 6.98. The largest absolute Gasteiger partial charge is 0.0617 e. The highest BCUT2D eigenvalue weighted by Gasteiger charge is 2.22. The minimum atomic E-state index is 1.03. The van der Waals surface area contributed by atoms with Crippen molar-refractivity contribution < 1.29 is 0 Å². The fourth-order valence-corrected chi connectivity index (χ4v) is 3.61. The van der Waals surface area contributed by atoms with E-state index >= 15 is 0 Å². The van der Waals surface area contributed by atoms with Crippen molar-refractivity contribution in [3.63, 3.8) is 0 Å². The Morgan fingerprint density at radius 3 is 2.06 bits per heavy atom. The van der Waals surface area contributed by atoms with Crippen molar-refractivity contribution >= 4 is 0 Å². The van der Waals surface area contributed by atoms with Crippen LogP contribution in [0, 0.1) is 11.8 Å². The van der Waals surface area contributed by atoms with Gasteiger partial charge in [0.2, 0.25) is 0 Å². The van der Waals surface area contributed by atoms with Crippen LogP contribution >= 0.6 is 0 Å². The zero-order chi connectivity index (χ0) is 10.8. The molecule has 0 N–H and O–H groups in total. The molecule has 0 spiro atoms. The van der Waals surface area contributed by atoms with E-state index in [1.165, 1.54) is 51.4 Å². The summed E-state index contributed by atoms with van der Waals surface area (Å²) in [5.74, 6) is 2.06. The van der Waals surface area contributed by atoms with E-state index < -0.39 is 0 Å². The zero-order valence-electron chi connectivity index (χ0n) is 10.1. The average molecular weight is 214 g/mol. The number of fused-ring (bicyclic) bond motifs is 4. The maximum Gasteiger partial charge on any atom is -0.0276 e. The fourth-order valence-electron chi connectivity index (χ4n) is 3.61. The molecule has 0 saturated heterocycles. The normalized spacial score (nSPS) is 29.8. The summed E-state index contributed by atoms with van der Waals surface area (Å²) in [6.07, 6.45) is 11.5. The summed E-state index contributed by atoms with van der Waals surface area (Å²) in [7, 11) is 0. The average Bonchev–Trinajstić information content (AvgIpc) is 2.34. The highest BCUT2D eigenvalue weighted by Crippen LogP contribution is 2.35. The molecular weight excluding hydrogens is 192 g/mol. The Labute approximate surface area is 99.1 Å². The molecule has 0 heteroatoms. The van der Waals surface area contributed by atoms with Crippen LogP contribution in [0.1, 0.15) is 49.7 Å². The number of aryl methyl sites for hydroxylation is 2. The molecule has 0 aromatic heterocycles. The molecule has 1 aromatic rings. The molecule has 2 atom stereocenters. The minimum Gasteiger partial charge on any atom is -0.0617 e. The quantitative estimate of drug-likeness (QED) is 0.601. The van der Waals surface area contributed by atoms with Gasteiger partial charge >= 0.3 is 0 Å². The lowest BCUT2D eigenvalue weighted by molar-refractivity contribution is 0.243. The van der Waals surface area contributed by atoms with E-state index in [9.17, 15) is 0 Å². The summed E-state index contributed by atoms with van der Waals surface area (Å²) in [6, 6.07) is 9.32. The van der Waals surface area contributed by atoms with Crippen LogP contribution in [0.2, 0.25) is 0 Å². The highest BCUT2D eigenvalue weighted by molar-refractivity contribution is 5.24. The second kappa shape index (κ2) is 4.61. The van der Waals surface area contributed by atoms with Gasteiger partial charge in [-0.05, 0) is 55.1 Å². The fraction of sp³-hybridized carbons (Fsp3) is 0.625. The van der Waals surface area contributed by atoms with Gasteiger partial charge in [-0.3, -0.25) is 0 Å². The molecule has 0 amide bonds. The Hall–Kier alpha value is -0.780. The van der Waals surface area contributed by atoms with Crippen LogP contribution in [0.15, 0.2) is 24.3 Å². The van der Waals surface area contributed by atoms with E-state index in [0.717, 1.165) is 11.8 Å². The first-order valence-corrected chi connectivity index (χ1v) is 6.98. The van der Waals surface area contributed by atoms with E-state index in [0.29, 0.717) is 0 Å². The second-order valence-electron chi connectivity index (χ2n) is 5.80. The molecule has 0 aliphatic heterocycles. The predicted molar refractivity (Wildman–Crippen MR) is 68.5 cm³/mol. The van der Waals surface area contributed by atoms with Crippen LogP contribution in [0.4, 0.5) is 0 Å². The van der Waals surface area contributed by atoms with E-state index in [1.54, 1.807) is 11.1 Å². The molecule has 0 nitrogen and oxygen atoms in total. The van der Waals surface area contributed by atoms with Crippen molar-refractivity contribution in [1.29, 1.82) is 0 Å². The van der Waals surface area contributed by atoms with Crippen LogP contribution in [0.5, 0.6) is 0 Å². The molecule has 4 bridgehead atoms. The molecule has 16 heavy (non-hydrogen) atoms. The van der Waals surface area contributed by atoms with Crippen molar-refractivity contribution in [2.75, 3.05) is 0 Å². The Bertz CT molecular complexity index is 324.